The molecule has 1 aliphatic rings. The minimum absolute atomic E-state index is 0.147. The number of amides is 1. The number of fused-ring (bicyclic) bond motifs is 1. The summed E-state index contributed by atoms with van der Waals surface area (Å²) in [4.78, 5) is 17.4. The first-order valence-electron chi connectivity index (χ1n) is 10.6. The number of anilines is 2. The summed E-state index contributed by atoms with van der Waals surface area (Å²) in [5, 5.41) is 5.07. The van der Waals surface area contributed by atoms with Gasteiger partial charge in [-0.25, -0.2) is 13.4 Å². The number of ether oxygens (including phenoxy) is 1. The van der Waals surface area contributed by atoms with Crippen molar-refractivity contribution in [1.29, 1.82) is 0 Å². The van der Waals surface area contributed by atoms with E-state index < -0.39 is 10.0 Å². The van der Waals surface area contributed by atoms with E-state index in [0.717, 1.165) is 11.1 Å². The number of aromatic nitrogens is 1. The van der Waals surface area contributed by atoms with Gasteiger partial charge in [0.05, 0.1) is 23.4 Å². The van der Waals surface area contributed by atoms with Gasteiger partial charge in [0.2, 0.25) is 0 Å². The summed E-state index contributed by atoms with van der Waals surface area (Å²) in [6.07, 6.45) is 0.681. The van der Waals surface area contributed by atoms with Crippen LogP contribution >= 0.6 is 11.3 Å². The van der Waals surface area contributed by atoms with Crippen molar-refractivity contribution >= 4 is 38.1 Å². The van der Waals surface area contributed by atoms with Crippen LogP contribution < -0.4 is 14.4 Å². The summed E-state index contributed by atoms with van der Waals surface area (Å²) in [6, 6.07) is 21.0. The van der Waals surface area contributed by atoms with E-state index >= 15 is 0 Å². The number of para-hydroxylation sites is 2. The smallest absolute Gasteiger partial charge is 0.264 e. The molecular formula is C25H21N3O4S2. The van der Waals surface area contributed by atoms with Gasteiger partial charge in [-0.05, 0) is 54.4 Å². The molecule has 0 spiro atoms. The lowest BCUT2D eigenvalue weighted by Gasteiger charge is -2.19. The minimum atomic E-state index is -3.71. The van der Waals surface area contributed by atoms with Crippen LogP contribution in [0.4, 0.5) is 10.8 Å². The average molecular weight is 492 g/mol. The molecule has 1 amide bonds. The first-order chi connectivity index (χ1) is 16.5. The molecule has 172 valence electrons. The highest BCUT2D eigenvalue weighted by molar-refractivity contribution is 7.92. The predicted molar refractivity (Wildman–Crippen MR) is 133 cm³/mol. The minimum Gasteiger partial charge on any atom is -0.496 e. The molecule has 1 N–H and O–H groups in total. The average Bonchev–Trinajstić information content (AvgIpc) is 3.51. The second kappa shape index (κ2) is 8.92. The third kappa shape index (κ3) is 4.04. The van der Waals surface area contributed by atoms with Gasteiger partial charge in [-0.15, -0.1) is 11.3 Å². The van der Waals surface area contributed by atoms with E-state index in [1.165, 1.54) is 39.9 Å². The lowest BCUT2D eigenvalue weighted by molar-refractivity contribution is 0.102. The quantitative estimate of drug-likeness (QED) is 0.418. The monoisotopic (exact) mass is 491 g/mol. The van der Waals surface area contributed by atoms with Crippen LogP contribution in [0.1, 0.15) is 15.9 Å². The van der Waals surface area contributed by atoms with Gasteiger partial charge in [0.15, 0.2) is 5.13 Å². The Bertz CT molecular complexity index is 1460. The van der Waals surface area contributed by atoms with Crippen LogP contribution in [0, 0.1) is 0 Å². The van der Waals surface area contributed by atoms with Gasteiger partial charge in [0.1, 0.15) is 5.75 Å². The van der Waals surface area contributed by atoms with Crippen molar-refractivity contribution in [3.05, 3.63) is 89.3 Å². The van der Waals surface area contributed by atoms with Crippen molar-refractivity contribution in [2.24, 2.45) is 0 Å². The van der Waals surface area contributed by atoms with Crippen LogP contribution in [0.25, 0.3) is 11.3 Å². The van der Waals surface area contributed by atoms with Crippen molar-refractivity contribution in [3.63, 3.8) is 0 Å². The lowest BCUT2D eigenvalue weighted by Crippen LogP contribution is -2.29. The Kier molecular flexibility index (Phi) is 5.80. The number of thiazole rings is 1. The van der Waals surface area contributed by atoms with Crippen LogP contribution in [-0.2, 0) is 16.4 Å². The third-order valence-electron chi connectivity index (χ3n) is 5.66. The van der Waals surface area contributed by atoms with E-state index in [1.807, 2.05) is 53.9 Å². The van der Waals surface area contributed by atoms with Crippen molar-refractivity contribution < 1.29 is 17.9 Å². The zero-order valence-electron chi connectivity index (χ0n) is 18.3. The molecule has 0 radical (unpaired) electrons. The maximum Gasteiger partial charge on any atom is 0.264 e. The number of carbonyl (C=O) groups excluding carboxylic acids is 1. The van der Waals surface area contributed by atoms with Gasteiger partial charge >= 0.3 is 0 Å². The van der Waals surface area contributed by atoms with Crippen LogP contribution in [0.3, 0.4) is 0 Å². The van der Waals surface area contributed by atoms with Crippen molar-refractivity contribution in [2.45, 2.75) is 11.3 Å². The summed E-state index contributed by atoms with van der Waals surface area (Å²) in [6.45, 7) is 0.405. The van der Waals surface area contributed by atoms with Gasteiger partial charge in [-0.3, -0.25) is 14.4 Å². The van der Waals surface area contributed by atoms with Gasteiger partial charge in [0, 0.05) is 23.1 Å². The van der Waals surface area contributed by atoms with Crippen LogP contribution in [-0.4, -0.2) is 33.0 Å². The van der Waals surface area contributed by atoms with Gasteiger partial charge in [-0.1, -0.05) is 30.3 Å². The first kappa shape index (κ1) is 22.1. The van der Waals surface area contributed by atoms with Gasteiger partial charge < -0.3 is 4.74 Å². The highest BCUT2D eigenvalue weighted by Gasteiger charge is 2.30. The van der Waals surface area contributed by atoms with E-state index in [2.05, 4.69) is 10.3 Å². The number of hydrogen-bond acceptors (Lipinski definition) is 6. The number of rotatable bonds is 6. The van der Waals surface area contributed by atoms with Crippen molar-refractivity contribution in [3.8, 4) is 17.0 Å². The molecule has 0 saturated heterocycles. The first-order valence-corrected chi connectivity index (χ1v) is 12.9. The van der Waals surface area contributed by atoms with E-state index in [-0.39, 0.29) is 10.8 Å². The Hall–Kier alpha value is -3.69. The van der Waals surface area contributed by atoms with E-state index in [4.69, 9.17) is 4.74 Å². The summed E-state index contributed by atoms with van der Waals surface area (Å²) >= 11 is 1.30. The summed E-state index contributed by atoms with van der Waals surface area (Å²) in [7, 11) is -2.11. The number of benzene rings is 3. The predicted octanol–water partition coefficient (Wildman–Crippen LogP) is 4.82. The number of methoxy groups -OCH3 is 1. The van der Waals surface area contributed by atoms with E-state index in [9.17, 15) is 13.2 Å². The Labute approximate surface area is 201 Å². The molecule has 7 nitrogen and oxygen atoms in total. The molecule has 9 heteroatoms. The summed E-state index contributed by atoms with van der Waals surface area (Å²) in [5.74, 6) is 0.333. The lowest BCUT2D eigenvalue weighted by atomic mass is 10.1. The molecular weight excluding hydrogens is 470 g/mol. The molecule has 0 bridgehead atoms. The molecule has 4 aromatic rings. The zero-order valence-corrected chi connectivity index (χ0v) is 19.9. The fraction of sp³-hybridized carbons (Fsp3) is 0.120. The number of carbonyl (C=O) groups is 1. The Morgan fingerprint density at radius 1 is 1.03 bits per heavy atom. The third-order valence-corrected chi connectivity index (χ3v) is 8.24. The van der Waals surface area contributed by atoms with Crippen molar-refractivity contribution in [2.75, 3.05) is 23.3 Å². The molecule has 0 aliphatic carbocycles. The number of sulfonamides is 1. The zero-order chi connectivity index (χ0) is 23.7. The molecule has 34 heavy (non-hydrogen) atoms. The maximum absolute atomic E-state index is 13.2. The number of nitrogens with one attached hydrogen (secondary N) is 1. The molecule has 0 fully saturated rings. The van der Waals surface area contributed by atoms with Gasteiger partial charge in [0.25, 0.3) is 15.9 Å². The second-order valence-corrected chi connectivity index (χ2v) is 10.4. The van der Waals surface area contributed by atoms with Crippen LogP contribution in [0.15, 0.2) is 83.1 Å². The molecule has 2 heterocycles. The topological polar surface area (TPSA) is 88.6 Å². The highest BCUT2D eigenvalue weighted by Crippen LogP contribution is 2.33. The number of hydrogen-bond donors (Lipinski definition) is 1. The molecule has 5 rings (SSSR count). The highest BCUT2D eigenvalue weighted by atomic mass is 32.2. The molecule has 1 aromatic heterocycles. The fourth-order valence-corrected chi connectivity index (χ4v) is 6.15. The Balaban J connectivity index is 1.32. The molecule has 0 atom stereocenters. The Morgan fingerprint density at radius 3 is 2.56 bits per heavy atom. The van der Waals surface area contributed by atoms with Crippen LogP contribution in [0.2, 0.25) is 0 Å². The summed E-state index contributed by atoms with van der Waals surface area (Å²) < 4.78 is 33.1. The SMILES string of the molecule is COc1ccccc1-c1csc(NC(=O)c2ccc(S(=O)(=O)N3CCc4ccccc43)cc2)n1. The largest absolute Gasteiger partial charge is 0.496 e. The maximum atomic E-state index is 13.2. The Morgan fingerprint density at radius 2 is 1.76 bits per heavy atom. The molecule has 1 aliphatic heterocycles. The fourth-order valence-electron chi connectivity index (χ4n) is 3.94. The van der Waals surface area contributed by atoms with Gasteiger partial charge in [-0.2, -0.15) is 0 Å². The van der Waals surface area contributed by atoms with E-state index in [0.29, 0.717) is 40.8 Å². The molecule has 0 saturated carbocycles. The molecule has 0 unspecified atom stereocenters. The second-order valence-electron chi connectivity index (χ2n) is 7.67. The standard InChI is InChI=1S/C25H21N3O4S2/c1-32-23-9-5-3-7-20(23)21-16-33-25(26-21)27-24(29)18-10-12-19(13-11-18)34(30,31)28-15-14-17-6-2-4-8-22(17)28/h2-13,16H,14-15H2,1H3,(H,26,27,29). The van der Waals surface area contributed by atoms with Crippen LogP contribution in [0.5, 0.6) is 5.75 Å². The normalized spacial score (nSPS) is 12.9. The van der Waals surface area contributed by atoms with E-state index in [1.54, 1.807) is 7.11 Å². The number of nitrogens with zero attached hydrogens (tertiary/aromatic N) is 2. The molecule has 3 aromatic carbocycles. The summed E-state index contributed by atoms with van der Waals surface area (Å²) in [5.41, 5.74) is 3.59. The van der Waals surface area contributed by atoms with Crippen molar-refractivity contribution in [1.82, 2.24) is 4.98 Å².